The number of aliphatic hydroxyl groups is 1. The van der Waals surface area contributed by atoms with E-state index in [0.29, 0.717) is 5.76 Å². The molecule has 0 aromatic heterocycles. The second kappa shape index (κ2) is 5.70. The summed E-state index contributed by atoms with van der Waals surface area (Å²) in [4.78, 5) is 0. The smallest absolute Gasteiger partial charge is 0.111 e. The fraction of sp³-hybridized carbons (Fsp3) is 0.400. The summed E-state index contributed by atoms with van der Waals surface area (Å²) in [5.74, 6) is 0.366. The van der Waals surface area contributed by atoms with Crippen molar-refractivity contribution in [3.05, 3.63) is 35.6 Å². The first kappa shape index (κ1) is 11.1. The molecule has 0 aromatic rings. The number of aliphatic hydroxyl groups excluding tert-OH is 1. The Kier molecular flexibility index (Phi) is 5.26. The van der Waals surface area contributed by atoms with Crippen LogP contribution >= 0.6 is 0 Å². The van der Waals surface area contributed by atoms with Gasteiger partial charge in [-0.05, 0) is 19.4 Å². The summed E-state index contributed by atoms with van der Waals surface area (Å²) in [5, 5.41) is 9.12. The molecular weight excluding hydrogens is 147 g/mol. The van der Waals surface area contributed by atoms with Crippen molar-refractivity contribution in [1.82, 2.24) is 0 Å². The van der Waals surface area contributed by atoms with Crippen LogP contribution in [0.1, 0.15) is 13.8 Å². The number of hydrogen-bond donors (Lipinski definition) is 1. The maximum Gasteiger partial charge on any atom is 0.111 e. The van der Waals surface area contributed by atoms with Gasteiger partial charge in [-0.15, -0.1) is 0 Å². The third kappa shape index (κ3) is 4.07. The minimum absolute atomic E-state index is 0.366. The van der Waals surface area contributed by atoms with Crippen LogP contribution < -0.4 is 0 Å². The van der Waals surface area contributed by atoms with Gasteiger partial charge in [0.15, 0.2) is 0 Å². The van der Waals surface area contributed by atoms with Gasteiger partial charge in [0.2, 0.25) is 0 Å². The lowest BCUT2D eigenvalue weighted by atomic mass is 9.74. The normalized spacial score (nSPS) is 13.8. The van der Waals surface area contributed by atoms with E-state index in [1.807, 2.05) is 25.9 Å². The Bertz CT molecular complexity index is 210. The summed E-state index contributed by atoms with van der Waals surface area (Å²) < 4.78 is 0. The second-order valence-electron chi connectivity index (χ2n) is 2.80. The van der Waals surface area contributed by atoms with Gasteiger partial charge in [-0.3, -0.25) is 0 Å². The molecule has 0 saturated heterocycles. The molecule has 0 spiro atoms. The van der Waals surface area contributed by atoms with Crippen molar-refractivity contribution in [1.29, 1.82) is 0 Å². The van der Waals surface area contributed by atoms with Crippen LogP contribution in [0.4, 0.5) is 0 Å². The lowest BCUT2D eigenvalue weighted by Crippen LogP contribution is -1.86. The molecule has 0 bridgehead atoms. The molecule has 0 heterocycles. The summed E-state index contributed by atoms with van der Waals surface area (Å²) in [7, 11) is 2.06. The molecule has 0 aliphatic carbocycles. The van der Waals surface area contributed by atoms with Crippen molar-refractivity contribution in [2.45, 2.75) is 27.0 Å². The van der Waals surface area contributed by atoms with Crippen LogP contribution in [0.15, 0.2) is 35.6 Å². The number of hydrogen-bond acceptors (Lipinski definition) is 1. The van der Waals surface area contributed by atoms with Crippen molar-refractivity contribution < 1.29 is 5.11 Å². The molecule has 0 unspecified atom stereocenters. The Labute approximate surface area is 75.7 Å². The molecule has 0 saturated carbocycles. The van der Waals surface area contributed by atoms with Crippen LogP contribution in [0.2, 0.25) is 13.1 Å². The van der Waals surface area contributed by atoms with E-state index in [1.54, 1.807) is 6.92 Å². The van der Waals surface area contributed by atoms with Gasteiger partial charge in [-0.25, -0.2) is 0 Å². The highest BCUT2D eigenvalue weighted by Crippen LogP contribution is 2.09. The Morgan fingerprint density at radius 3 is 2.42 bits per heavy atom. The topological polar surface area (TPSA) is 20.2 Å². The molecule has 1 nitrogen and oxygen atoms in total. The van der Waals surface area contributed by atoms with E-state index in [9.17, 15) is 0 Å². The molecule has 0 aliphatic heterocycles. The minimum Gasteiger partial charge on any atom is -0.512 e. The summed E-state index contributed by atoms with van der Waals surface area (Å²) in [5.41, 5.74) is 2.02. The second-order valence-corrected chi connectivity index (χ2v) is 2.80. The Morgan fingerprint density at radius 2 is 2.08 bits per heavy atom. The van der Waals surface area contributed by atoms with E-state index in [-0.39, 0.29) is 0 Å². The predicted molar refractivity (Wildman–Crippen MR) is 55.7 cm³/mol. The third-order valence-corrected chi connectivity index (χ3v) is 1.67. The lowest BCUT2D eigenvalue weighted by molar-refractivity contribution is 0.409. The lowest BCUT2D eigenvalue weighted by Gasteiger charge is -2.00. The zero-order valence-corrected chi connectivity index (χ0v) is 8.09. The summed E-state index contributed by atoms with van der Waals surface area (Å²) >= 11 is 0. The van der Waals surface area contributed by atoms with Crippen molar-refractivity contribution in [3.63, 3.8) is 0 Å². The van der Waals surface area contributed by atoms with Gasteiger partial charge < -0.3 is 5.11 Å². The molecule has 0 fully saturated rings. The summed E-state index contributed by atoms with van der Waals surface area (Å²) in [6.45, 7) is 9.27. The highest BCUT2D eigenvalue weighted by molar-refractivity contribution is 6.34. The van der Waals surface area contributed by atoms with Crippen LogP contribution in [-0.2, 0) is 0 Å². The third-order valence-electron chi connectivity index (χ3n) is 1.67. The summed E-state index contributed by atoms with van der Waals surface area (Å²) in [6, 6.07) is 0. The number of allylic oxidation sites excluding steroid dienone is 5. The van der Waals surface area contributed by atoms with Gasteiger partial charge in [0.1, 0.15) is 7.28 Å². The van der Waals surface area contributed by atoms with Crippen LogP contribution in [0, 0.1) is 0 Å². The van der Waals surface area contributed by atoms with Gasteiger partial charge >= 0.3 is 0 Å². The monoisotopic (exact) mass is 163 g/mol. The molecular formula is C10H16BO. The minimum atomic E-state index is 0.366. The fourth-order valence-corrected chi connectivity index (χ4v) is 0.819. The highest BCUT2D eigenvalue weighted by Gasteiger charge is 1.93. The largest absolute Gasteiger partial charge is 0.512 e. The highest BCUT2D eigenvalue weighted by atomic mass is 16.3. The van der Waals surface area contributed by atoms with Crippen LogP contribution in [0.25, 0.3) is 0 Å². The van der Waals surface area contributed by atoms with E-state index >= 15 is 0 Å². The van der Waals surface area contributed by atoms with E-state index in [0.717, 1.165) is 17.5 Å². The van der Waals surface area contributed by atoms with Gasteiger partial charge in [0, 0.05) is 0 Å². The Balaban J connectivity index is 4.49. The molecule has 1 N–H and O–H groups in total. The first-order chi connectivity index (χ1) is 5.61. The van der Waals surface area contributed by atoms with Gasteiger partial charge in [0.25, 0.3) is 0 Å². The van der Waals surface area contributed by atoms with Crippen molar-refractivity contribution >= 4 is 7.28 Å². The molecule has 0 atom stereocenters. The molecule has 0 amide bonds. The van der Waals surface area contributed by atoms with E-state index in [1.165, 1.54) is 0 Å². The van der Waals surface area contributed by atoms with Crippen molar-refractivity contribution in [3.8, 4) is 0 Å². The quantitative estimate of drug-likeness (QED) is 0.383. The fourth-order valence-electron chi connectivity index (χ4n) is 0.819. The molecule has 0 aliphatic rings. The molecule has 2 heteroatoms. The maximum atomic E-state index is 9.12. The zero-order valence-electron chi connectivity index (χ0n) is 8.09. The van der Waals surface area contributed by atoms with Crippen molar-refractivity contribution in [2.75, 3.05) is 0 Å². The van der Waals surface area contributed by atoms with E-state index in [4.69, 9.17) is 5.11 Å². The van der Waals surface area contributed by atoms with Crippen LogP contribution in [0.3, 0.4) is 0 Å². The van der Waals surface area contributed by atoms with Gasteiger partial charge in [0.05, 0.1) is 5.76 Å². The first-order valence-corrected chi connectivity index (χ1v) is 4.09. The van der Waals surface area contributed by atoms with Crippen molar-refractivity contribution in [2.24, 2.45) is 0 Å². The molecule has 0 rings (SSSR count). The SMILES string of the molecule is C=C/C(=C\C(C)=C(/C)O)C[B]C. The Hall–Kier alpha value is -0.915. The first-order valence-electron chi connectivity index (χ1n) is 4.09. The van der Waals surface area contributed by atoms with Gasteiger partial charge in [-0.1, -0.05) is 37.4 Å². The average molecular weight is 163 g/mol. The Morgan fingerprint density at radius 1 is 1.50 bits per heavy atom. The van der Waals surface area contributed by atoms with E-state index in [2.05, 4.69) is 13.9 Å². The standard InChI is InChI=1S/C10H16BO/c1-5-10(7-11-4)6-8(2)9(3)12/h5-6,12H,1,7H2,2-4H3/b9-8+,10-6+. The van der Waals surface area contributed by atoms with Gasteiger partial charge in [-0.2, -0.15) is 0 Å². The molecule has 1 radical (unpaired) electrons. The molecule has 12 heavy (non-hydrogen) atoms. The molecule has 65 valence electrons. The summed E-state index contributed by atoms with van der Waals surface area (Å²) in [6.07, 6.45) is 4.66. The van der Waals surface area contributed by atoms with Crippen LogP contribution in [0.5, 0.6) is 0 Å². The zero-order chi connectivity index (χ0) is 9.56. The average Bonchev–Trinajstić information content (AvgIpc) is 2.03. The van der Waals surface area contributed by atoms with Crippen LogP contribution in [-0.4, -0.2) is 12.4 Å². The number of rotatable bonds is 4. The maximum absolute atomic E-state index is 9.12. The predicted octanol–water partition coefficient (Wildman–Crippen LogP) is 3.12. The molecule has 0 aromatic carbocycles. The van der Waals surface area contributed by atoms with E-state index < -0.39 is 0 Å².